The van der Waals surface area contributed by atoms with Crippen molar-refractivity contribution >= 4 is 29.2 Å². The number of aromatic nitrogens is 2. The van der Waals surface area contributed by atoms with Crippen LogP contribution in [0.5, 0.6) is 0 Å². The van der Waals surface area contributed by atoms with Crippen molar-refractivity contribution in [2.75, 3.05) is 37.8 Å². The highest BCUT2D eigenvalue weighted by Gasteiger charge is 2.08. The second-order valence-corrected chi connectivity index (χ2v) is 5.91. The predicted molar refractivity (Wildman–Crippen MR) is 82.2 cm³/mol. The monoisotopic (exact) mass is 300 g/mol. The van der Waals surface area contributed by atoms with Gasteiger partial charge in [0.05, 0.1) is 0 Å². The van der Waals surface area contributed by atoms with E-state index in [2.05, 4.69) is 20.2 Å². The summed E-state index contributed by atoms with van der Waals surface area (Å²) in [5.74, 6) is 0.819. The van der Waals surface area contributed by atoms with Crippen LogP contribution in [0.4, 0.5) is 5.82 Å². The van der Waals surface area contributed by atoms with E-state index in [1.165, 1.54) is 50.5 Å². The number of likely N-dealkylation sites (tertiary alicyclic amines) is 1. The average molecular weight is 301 g/mol. The van der Waals surface area contributed by atoms with Gasteiger partial charge in [-0.2, -0.15) is 0 Å². The van der Waals surface area contributed by atoms with Gasteiger partial charge >= 0.3 is 0 Å². The molecule has 106 valence electrons. The average Bonchev–Trinajstić information content (AvgIpc) is 2.67. The Morgan fingerprint density at radius 2 is 2.00 bits per heavy atom. The molecule has 1 aromatic rings. The Morgan fingerprint density at radius 1 is 1.26 bits per heavy atom. The van der Waals surface area contributed by atoms with E-state index in [4.69, 9.17) is 11.6 Å². The first-order chi connectivity index (χ1) is 9.28. The number of anilines is 1. The Hall–Kier alpha value is -0.520. The number of halogens is 1. The summed E-state index contributed by atoms with van der Waals surface area (Å²) in [6.07, 6.45) is 7.36. The van der Waals surface area contributed by atoms with Gasteiger partial charge in [0.15, 0.2) is 5.16 Å². The molecule has 2 heterocycles. The minimum Gasteiger partial charge on any atom is -0.369 e. The van der Waals surface area contributed by atoms with Crippen molar-refractivity contribution in [3.63, 3.8) is 0 Å². The van der Waals surface area contributed by atoms with Crippen LogP contribution < -0.4 is 5.32 Å². The van der Waals surface area contributed by atoms with Crippen LogP contribution in [0.15, 0.2) is 11.2 Å². The third-order valence-corrected chi connectivity index (χ3v) is 4.03. The van der Waals surface area contributed by atoms with E-state index in [-0.39, 0.29) is 0 Å². The van der Waals surface area contributed by atoms with E-state index in [0.717, 1.165) is 18.9 Å². The third kappa shape index (κ3) is 5.16. The zero-order valence-corrected chi connectivity index (χ0v) is 12.9. The Bertz CT molecular complexity index is 394. The van der Waals surface area contributed by atoms with Crippen LogP contribution in [0.1, 0.15) is 25.7 Å². The maximum atomic E-state index is 5.96. The minimum absolute atomic E-state index is 0.497. The highest BCUT2D eigenvalue weighted by Crippen LogP contribution is 2.17. The van der Waals surface area contributed by atoms with Crippen molar-refractivity contribution in [2.24, 2.45) is 0 Å². The molecule has 0 spiro atoms. The van der Waals surface area contributed by atoms with Gasteiger partial charge in [-0.3, -0.25) is 0 Å². The van der Waals surface area contributed by atoms with Crippen LogP contribution in [0.25, 0.3) is 0 Å². The van der Waals surface area contributed by atoms with Crippen LogP contribution in [0.3, 0.4) is 0 Å². The smallest absolute Gasteiger partial charge is 0.190 e. The molecule has 19 heavy (non-hydrogen) atoms. The quantitative estimate of drug-likeness (QED) is 0.514. The molecule has 0 amide bonds. The fourth-order valence-electron chi connectivity index (χ4n) is 2.28. The zero-order chi connectivity index (χ0) is 13.5. The Labute approximate surface area is 124 Å². The Morgan fingerprint density at radius 3 is 2.68 bits per heavy atom. The normalized spacial score (nSPS) is 17.2. The molecule has 0 bridgehead atoms. The Balaban J connectivity index is 1.79. The van der Waals surface area contributed by atoms with Gasteiger partial charge in [-0.25, -0.2) is 9.97 Å². The third-order valence-electron chi connectivity index (χ3n) is 3.29. The van der Waals surface area contributed by atoms with E-state index in [1.807, 2.05) is 6.26 Å². The molecule has 2 rings (SSSR count). The number of nitrogens with zero attached hydrogens (tertiary/aromatic N) is 3. The molecule has 0 atom stereocenters. The molecule has 4 nitrogen and oxygen atoms in total. The van der Waals surface area contributed by atoms with E-state index in [9.17, 15) is 0 Å². The first-order valence-electron chi connectivity index (χ1n) is 6.83. The van der Waals surface area contributed by atoms with E-state index in [0.29, 0.717) is 10.3 Å². The molecule has 1 fully saturated rings. The van der Waals surface area contributed by atoms with Crippen molar-refractivity contribution in [2.45, 2.75) is 30.8 Å². The fraction of sp³-hybridized carbons (Fsp3) is 0.692. The number of hydrogen-bond donors (Lipinski definition) is 1. The van der Waals surface area contributed by atoms with Gasteiger partial charge in [-0.05, 0) is 32.2 Å². The molecule has 1 aromatic heterocycles. The van der Waals surface area contributed by atoms with Gasteiger partial charge in [-0.15, -0.1) is 0 Å². The molecule has 1 saturated heterocycles. The van der Waals surface area contributed by atoms with Crippen LogP contribution in [0, 0.1) is 0 Å². The Kier molecular flexibility index (Phi) is 6.20. The lowest BCUT2D eigenvalue weighted by Gasteiger charge is -2.19. The number of hydrogen-bond acceptors (Lipinski definition) is 5. The summed E-state index contributed by atoms with van der Waals surface area (Å²) in [6, 6.07) is 1.78. The molecular weight excluding hydrogens is 280 g/mol. The highest BCUT2D eigenvalue weighted by molar-refractivity contribution is 7.98. The standard InChI is InChI=1S/C13H21ClN4S/c1-19-13-16-11(14)10-12(17-13)15-6-9-18-7-4-2-3-5-8-18/h10H,2-9H2,1H3,(H,15,16,17). The molecule has 1 N–H and O–H groups in total. The van der Waals surface area contributed by atoms with Crippen molar-refractivity contribution < 1.29 is 0 Å². The summed E-state index contributed by atoms with van der Waals surface area (Å²) in [6.45, 7) is 4.42. The van der Waals surface area contributed by atoms with Gasteiger partial charge in [-0.1, -0.05) is 36.2 Å². The van der Waals surface area contributed by atoms with E-state index < -0.39 is 0 Å². The van der Waals surface area contributed by atoms with Gasteiger partial charge in [0.1, 0.15) is 11.0 Å². The van der Waals surface area contributed by atoms with Gasteiger partial charge in [0.25, 0.3) is 0 Å². The van der Waals surface area contributed by atoms with Crippen molar-refractivity contribution in [1.82, 2.24) is 14.9 Å². The summed E-state index contributed by atoms with van der Waals surface area (Å²) < 4.78 is 0. The topological polar surface area (TPSA) is 41.1 Å². The molecular formula is C13H21ClN4S. The lowest BCUT2D eigenvalue weighted by atomic mass is 10.2. The summed E-state index contributed by atoms with van der Waals surface area (Å²) in [5, 5.41) is 4.55. The van der Waals surface area contributed by atoms with Crippen molar-refractivity contribution in [3.05, 3.63) is 11.2 Å². The molecule has 0 saturated carbocycles. The fourth-order valence-corrected chi connectivity index (χ4v) is 2.89. The van der Waals surface area contributed by atoms with Gasteiger partial charge in [0.2, 0.25) is 0 Å². The molecule has 0 aliphatic carbocycles. The molecule has 0 radical (unpaired) electrons. The molecule has 1 aliphatic heterocycles. The second-order valence-electron chi connectivity index (χ2n) is 4.75. The number of thioether (sulfide) groups is 1. The van der Waals surface area contributed by atoms with E-state index in [1.54, 1.807) is 6.07 Å². The highest BCUT2D eigenvalue weighted by atomic mass is 35.5. The largest absolute Gasteiger partial charge is 0.369 e. The van der Waals surface area contributed by atoms with Gasteiger partial charge < -0.3 is 10.2 Å². The van der Waals surface area contributed by atoms with Crippen molar-refractivity contribution in [1.29, 1.82) is 0 Å². The summed E-state index contributed by atoms with van der Waals surface area (Å²) >= 11 is 7.47. The first kappa shape index (κ1) is 14.9. The SMILES string of the molecule is CSc1nc(Cl)cc(NCCN2CCCCCC2)n1. The number of rotatable bonds is 5. The van der Waals surface area contributed by atoms with Crippen LogP contribution >= 0.6 is 23.4 Å². The second kappa shape index (κ2) is 7.92. The molecule has 1 aliphatic rings. The first-order valence-corrected chi connectivity index (χ1v) is 8.43. The van der Waals surface area contributed by atoms with Crippen molar-refractivity contribution in [3.8, 4) is 0 Å². The lowest BCUT2D eigenvalue weighted by Crippen LogP contribution is -2.30. The zero-order valence-electron chi connectivity index (χ0n) is 11.4. The predicted octanol–water partition coefficient (Wildman–Crippen LogP) is 3.14. The minimum atomic E-state index is 0.497. The van der Waals surface area contributed by atoms with Gasteiger partial charge in [0, 0.05) is 19.2 Å². The maximum Gasteiger partial charge on any atom is 0.190 e. The lowest BCUT2D eigenvalue weighted by molar-refractivity contribution is 0.296. The summed E-state index contributed by atoms with van der Waals surface area (Å²) in [7, 11) is 0. The van der Waals surface area contributed by atoms with E-state index >= 15 is 0 Å². The molecule has 0 aromatic carbocycles. The van der Waals surface area contributed by atoms with Crippen LogP contribution in [-0.4, -0.2) is 47.3 Å². The molecule has 0 unspecified atom stereocenters. The van der Waals surface area contributed by atoms with Crippen LogP contribution in [-0.2, 0) is 0 Å². The number of nitrogens with one attached hydrogen (secondary N) is 1. The summed E-state index contributed by atoms with van der Waals surface area (Å²) in [5.41, 5.74) is 0. The molecule has 6 heteroatoms. The summed E-state index contributed by atoms with van der Waals surface area (Å²) in [4.78, 5) is 11.0. The maximum absolute atomic E-state index is 5.96. The van der Waals surface area contributed by atoms with Crippen LogP contribution in [0.2, 0.25) is 5.15 Å².